The van der Waals surface area contributed by atoms with Crippen LogP contribution in [-0.2, 0) is 14.8 Å². The lowest BCUT2D eigenvalue weighted by Gasteiger charge is -2.24. The number of sulfonamides is 1. The number of anilines is 2. The molecule has 6 nitrogen and oxygen atoms in total. The van der Waals surface area contributed by atoms with Gasteiger partial charge in [0.2, 0.25) is 5.91 Å². The zero-order chi connectivity index (χ0) is 20.1. The molecule has 0 saturated heterocycles. The number of rotatable bonds is 6. The normalized spacial score (nSPS) is 11.1. The summed E-state index contributed by atoms with van der Waals surface area (Å²) in [7, 11) is -3.98. The van der Waals surface area contributed by atoms with Crippen molar-refractivity contribution < 1.29 is 13.2 Å². The van der Waals surface area contributed by atoms with Crippen LogP contribution in [0.4, 0.5) is 11.5 Å². The second-order valence-electron chi connectivity index (χ2n) is 6.07. The number of carbonyl (C=O) groups is 1. The number of pyridine rings is 1. The highest BCUT2D eigenvalue weighted by atomic mass is 35.5. The number of benzene rings is 2. The molecule has 0 spiro atoms. The van der Waals surface area contributed by atoms with Gasteiger partial charge in [-0.1, -0.05) is 41.4 Å². The van der Waals surface area contributed by atoms with Crippen LogP contribution in [0.5, 0.6) is 0 Å². The standard InChI is InChI=1S/C20H18ClN3O3S/c1-15-8-10-18(11-9-15)28(26,27)24(17-6-4-5-16(21)13-17)14-20(25)23-19-7-2-3-12-22-19/h2-13H,14H2,1H3,(H,22,23,25). The number of amides is 1. The molecule has 8 heteroatoms. The predicted molar refractivity (Wildman–Crippen MR) is 110 cm³/mol. The van der Waals surface area contributed by atoms with Crippen LogP contribution in [0, 0.1) is 6.92 Å². The van der Waals surface area contributed by atoms with Gasteiger partial charge in [0, 0.05) is 11.2 Å². The van der Waals surface area contributed by atoms with E-state index in [1.165, 1.54) is 24.4 Å². The Labute approximate surface area is 168 Å². The molecule has 2 aromatic carbocycles. The van der Waals surface area contributed by atoms with Crippen molar-refractivity contribution in [1.82, 2.24) is 4.98 Å². The summed E-state index contributed by atoms with van der Waals surface area (Å²) < 4.78 is 27.5. The van der Waals surface area contributed by atoms with Gasteiger partial charge in [0.25, 0.3) is 10.0 Å². The zero-order valence-electron chi connectivity index (χ0n) is 15.0. The Kier molecular flexibility index (Phi) is 5.96. The molecular formula is C20H18ClN3O3S. The van der Waals surface area contributed by atoms with Gasteiger partial charge in [0.1, 0.15) is 12.4 Å². The topological polar surface area (TPSA) is 79.4 Å². The molecule has 1 aromatic heterocycles. The van der Waals surface area contributed by atoms with E-state index in [-0.39, 0.29) is 4.90 Å². The molecule has 144 valence electrons. The SMILES string of the molecule is Cc1ccc(S(=O)(=O)N(CC(=O)Nc2ccccn2)c2cccc(Cl)c2)cc1. The Hall–Kier alpha value is -2.90. The molecule has 1 N–H and O–H groups in total. The van der Waals surface area contributed by atoms with Gasteiger partial charge in [-0.15, -0.1) is 0 Å². The summed E-state index contributed by atoms with van der Waals surface area (Å²) in [5, 5.41) is 2.97. The Morgan fingerprint density at radius 3 is 2.46 bits per heavy atom. The fourth-order valence-electron chi connectivity index (χ4n) is 2.53. The first-order valence-corrected chi connectivity index (χ1v) is 10.2. The van der Waals surface area contributed by atoms with Crippen molar-refractivity contribution in [2.75, 3.05) is 16.2 Å². The van der Waals surface area contributed by atoms with Crippen molar-refractivity contribution in [3.8, 4) is 0 Å². The third kappa shape index (κ3) is 4.68. The van der Waals surface area contributed by atoms with Gasteiger partial charge in [-0.05, 0) is 49.4 Å². The van der Waals surface area contributed by atoms with E-state index in [0.29, 0.717) is 16.5 Å². The number of hydrogen-bond donors (Lipinski definition) is 1. The van der Waals surface area contributed by atoms with E-state index in [0.717, 1.165) is 9.87 Å². The first-order valence-electron chi connectivity index (χ1n) is 8.42. The van der Waals surface area contributed by atoms with Crippen LogP contribution < -0.4 is 9.62 Å². The Morgan fingerprint density at radius 1 is 1.07 bits per heavy atom. The molecule has 0 atom stereocenters. The summed E-state index contributed by atoms with van der Waals surface area (Å²) in [4.78, 5) is 16.6. The van der Waals surface area contributed by atoms with E-state index in [9.17, 15) is 13.2 Å². The van der Waals surface area contributed by atoms with Crippen molar-refractivity contribution in [1.29, 1.82) is 0 Å². The highest BCUT2D eigenvalue weighted by molar-refractivity contribution is 7.92. The van der Waals surface area contributed by atoms with Crippen molar-refractivity contribution in [2.24, 2.45) is 0 Å². The van der Waals surface area contributed by atoms with E-state index >= 15 is 0 Å². The van der Waals surface area contributed by atoms with Crippen LogP contribution in [0.3, 0.4) is 0 Å². The lowest BCUT2D eigenvalue weighted by molar-refractivity contribution is -0.114. The predicted octanol–water partition coefficient (Wildman–Crippen LogP) is 3.88. The van der Waals surface area contributed by atoms with Crippen LogP contribution in [0.1, 0.15) is 5.56 Å². The van der Waals surface area contributed by atoms with E-state index in [4.69, 9.17) is 11.6 Å². The number of nitrogens with one attached hydrogen (secondary N) is 1. The molecule has 0 fully saturated rings. The lowest BCUT2D eigenvalue weighted by Crippen LogP contribution is -2.38. The number of aryl methyl sites for hydroxylation is 1. The smallest absolute Gasteiger partial charge is 0.264 e. The molecule has 28 heavy (non-hydrogen) atoms. The van der Waals surface area contributed by atoms with E-state index in [1.54, 1.807) is 48.5 Å². The average molecular weight is 416 g/mol. The Bertz CT molecular complexity index is 1070. The maximum Gasteiger partial charge on any atom is 0.264 e. The van der Waals surface area contributed by atoms with Crippen LogP contribution in [0.25, 0.3) is 0 Å². The van der Waals surface area contributed by atoms with Crippen molar-refractivity contribution >= 4 is 39.0 Å². The van der Waals surface area contributed by atoms with Gasteiger partial charge < -0.3 is 5.32 Å². The van der Waals surface area contributed by atoms with Crippen molar-refractivity contribution in [3.05, 3.63) is 83.5 Å². The number of halogens is 1. The maximum absolute atomic E-state index is 13.2. The van der Waals surface area contributed by atoms with Crippen molar-refractivity contribution in [3.63, 3.8) is 0 Å². The number of hydrogen-bond acceptors (Lipinski definition) is 4. The fraction of sp³-hybridized carbons (Fsp3) is 0.100. The first kappa shape index (κ1) is 19.9. The van der Waals surface area contributed by atoms with Gasteiger partial charge in [0.05, 0.1) is 10.6 Å². The number of nitrogens with zero attached hydrogens (tertiary/aromatic N) is 2. The molecule has 0 aliphatic heterocycles. The van der Waals surface area contributed by atoms with Gasteiger partial charge in [-0.25, -0.2) is 13.4 Å². The van der Waals surface area contributed by atoms with Gasteiger partial charge >= 0.3 is 0 Å². The molecule has 1 heterocycles. The van der Waals surface area contributed by atoms with Gasteiger partial charge in [-0.3, -0.25) is 9.10 Å². The summed E-state index contributed by atoms with van der Waals surface area (Å²) >= 11 is 6.04. The van der Waals surface area contributed by atoms with Gasteiger partial charge in [0.15, 0.2) is 0 Å². The fourth-order valence-corrected chi connectivity index (χ4v) is 4.13. The zero-order valence-corrected chi connectivity index (χ0v) is 16.6. The molecule has 0 bridgehead atoms. The van der Waals surface area contributed by atoms with E-state index in [2.05, 4.69) is 10.3 Å². The molecule has 0 radical (unpaired) electrons. The summed E-state index contributed by atoms with van der Waals surface area (Å²) in [6, 6.07) is 17.9. The number of carbonyl (C=O) groups excluding carboxylic acids is 1. The summed E-state index contributed by atoms with van der Waals surface area (Å²) in [5.74, 6) is -0.180. The largest absolute Gasteiger partial charge is 0.309 e. The molecule has 3 aromatic rings. The molecule has 0 saturated carbocycles. The highest BCUT2D eigenvalue weighted by Crippen LogP contribution is 2.26. The third-order valence-electron chi connectivity index (χ3n) is 3.92. The maximum atomic E-state index is 13.2. The molecule has 0 unspecified atom stereocenters. The molecule has 0 aliphatic rings. The van der Waals surface area contributed by atoms with E-state index < -0.39 is 22.5 Å². The minimum absolute atomic E-state index is 0.0868. The van der Waals surface area contributed by atoms with Crippen LogP contribution in [-0.4, -0.2) is 25.9 Å². The molecule has 3 rings (SSSR count). The summed E-state index contributed by atoms with van der Waals surface area (Å²) in [5.41, 5.74) is 1.23. The van der Waals surface area contributed by atoms with Crippen LogP contribution in [0.2, 0.25) is 5.02 Å². The highest BCUT2D eigenvalue weighted by Gasteiger charge is 2.27. The Morgan fingerprint density at radius 2 is 1.82 bits per heavy atom. The Balaban J connectivity index is 1.95. The van der Waals surface area contributed by atoms with Gasteiger partial charge in [-0.2, -0.15) is 0 Å². The second kappa shape index (κ2) is 8.41. The monoisotopic (exact) mass is 415 g/mol. The quantitative estimate of drug-likeness (QED) is 0.662. The summed E-state index contributed by atoms with van der Waals surface area (Å²) in [6.45, 7) is 1.44. The lowest BCUT2D eigenvalue weighted by atomic mass is 10.2. The third-order valence-corrected chi connectivity index (χ3v) is 5.95. The summed E-state index contributed by atoms with van der Waals surface area (Å²) in [6.07, 6.45) is 1.54. The van der Waals surface area contributed by atoms with Crippen molar-refractivity contribution in [2.45, 2.75) is 11.8 Å². The van der Waals surface area contributed by atoms with E-state index in [1.807, 2.05) is 6.92 Å². The molecule has 0 aliphatic carbocycles. The average Bonchev–Trinajstić information content (AvgIpc) is 2.67. The molecular weight excluding hydrogens is 398 g/mol. The van der Waals surface area contributed by atoms with Crippen LogP contribution in [0.15, 0.2) is 77.8 Å². The number of aromatic nitrogens is 1. The first-order chi connectivity index (χ1) is 13.4. The second-order valence-corrected chi connectivity index (χ2v) is 8.37. The minimum Gasteiger partial charge on any atom is -0.309 e. The van der Waals surface area contributed by atoms with Crippen LogP contribution >= 0.6 is 11.6 Å². The molecule has 1 amide bonds. The minimum atomic E-state index is -3.98.